The van der Waals surface area contributed by atoms with Gasteiger partial charge < -0.3 is 9.73 Å². The van der Waals surface area contributed by atoms with Crippen LogP contribution >= 0.6 is 23.2 Å². The Morgan fingerprint density at radius 1 is 1.20 bits per heavy atom. The van der Waals surface area contributed by atoms with Crippen LogP contribution < -0.4 is 5.32 Å². The predicted octanol–water partition coefficient (Wildman–Crippen LogP) is 5.96. The third kappa shape index (κ3) is 4.34. The summed E-state index contributed by atoms with van der Waals surface area (Å²) < 4.78 is 5.94. The maximum Gasteiger partial charge on any atom is 0.241 e. The van der Waals surface area contributed by atoms with Gasteiger partial charge in [-0.15, -0.1) is 0 Å². The van der Waals surface area contributed by atoms with Crippen molar-refractivity contribution in [1.29, 1.82) is 0 Å². The molecule has 0 aliphatic carbocycles. The molecule has 1 aliphatic heterocycles. The summed E-state index contributed by atoms with van der Waals surface area (Å²) in [6.07, 6.45) is 1.78. The first-order valence-electron chi connectivity index (χ1n) is 10.2. The molecule has 1 N–H and O–H groups in total. The molecule has 2 heterocycles. The lowest BCUT2D eigenvalue weighted by molar-refractivity contribution is -0.121. The Kier molecular flexibility index (Phi) is 6.05. The number of rotatable bonds is 4. The summed E-state index contributed by atoms with van der Waals surface area (Å²) in [7, 11) is 0. The number of hydrogen-bond donors (Lipinski definition) is 1. The van der Waals surface area contributed by atoms with Crippen LogP contribution in [0.4, 0.5) is 5.69 Å². The second kappa shape index (κ2) is 8.58. The maximum absolute atomic E-state index is 12.8. The van der Waals surface area contributed by atoms with E-state index in [2.05, 4.69) is 15.2 Å². The van der Waals surface area contributed by atoms with Crippen LogP contribution in [0.3, 0.4) is 0 Å². The first kappa shape index (κ1) is 21.2. The first-order chi connectivity index (χ1) is 14.3. The fourth-order valence-electron chi connectivity index (χ4n) is 4.09. The van der Waals surface area contributed by atoms with Crippen molar-refractivity contribution in [2.24, 2.45) is 0 Å². The van der Waals surface area contributed by atoms with Gasteiger partial charge in [0.1, 0.15) is 5.52 Å². The van der Waals surface area contributed by atoms with Crippen LogP contribution in [0.2, 0.25) is 10.0 Å². The average Bonchev–Trinajstić information content (AvgIpc) is 3.13. The number of carbonyl (C=O) groups excluding carboxylic acids is 1. The molecule has 158 valence electrons. The Morgan fingerprint density at radius 3 is 2.63 bits per heavy atom. The van der Waals surface area contributed by atoms with Gasteiger partial charge in [0, 0.05) is 10.9 Å². The molecular formula is C23H25Cl2N3O2. The van der Waals surface area contributed by atoms with E-state index >= 15 is 0 Å². The van der Waals surface area contributed by atoms with Gasteiger partial charge in [-0.25, -0.2) is 4.98 Å². The van der Waals surface area contributed by atoms with Gasteiger partial charge in [-0.2, -0.15) is 0 Å². The number of aromatic nitrogens is 1. The number of benzene rings is 2. The Balaban J connectivity index is 1.39. The van der Waals surface area contributed by atoms with Gasteiger partial charge >= 0.3 is 0 Å². The van der Waals surface area contributed by atoms with E-state index in [4.69, 9.17) is 27.6 Å². The molecule has 1 atom stereocenters. The molecule has 5 nitrogen and oxygen atoms in total. The minimum Gasteiger partial charge on any atom is -0.440 e. The molecule has 1 amide bonds. The minimum absolute atomic E-state index is 0.0428. The highest BCUT2D eigenvalue weighted by Gasteiger charge is 2.30. The van der Waals surface area contributed by atoms with Crippen molar-refractivity contribution >= 4 is 45.9 Å². The zero-order valence-corrected chi connectivity index (χ0v) is 18.8. The van der Waals surface area contributed by atoms with Crippen LogP contribution in [0.1, 0.15) is 42.7 Å². The quantitative estimate of drug-likeness (QED) is 0.538. The standard InChI is InChI=1S/C23H25Cl2N3O2/c1-13-10-14(2)21(18(25)11-13)27-22(29)15(3)28-8-6-16(7-9-28)23-26-19-12-17(24)4-5-20(19)30-23/h4-5,10-12,15-16H,6-9H2,1-3H3,(H,27,29). The predicted molar refractivity (Wildman–Crippen MR) is 122 cm³/mol. The molecule has 0 bridgehead atoms. The summed E-state index contributed by atoms with van der Waals surface area (Å²) in [6, 6.07) is 9.13. The first-order valence-corrected chi connectivity index (χ1v) is 10.9. The molecule has 1 aromatic heterocycles. The number of amides is 1. The lowest BCUT2D eigenvalue weighted by Gasteiger charge is -2.34. The summed E-state index contributed by atoms with van der Waals surface area (Å²) in [5.41, 5.74) is 4.29. The molecule has 30 heavy (non-hydrogen) atoms. The van der Waals surface area contributed by atoms with Crippen molar-refractivity contribution in [3.05, 3.63) is 57.4 Å². The van der Waals surface area contributed by atoms with Crippen molar-refractivity contribution in [2.45, 2.75) is 45.6 Å². The Morgan fingerprint density at radius 2 is 1.93 bits per heavy atom. The summed E-state index contributed by atoms with van der Waals surface area (Å²) >= 11 is 12.4. The van der Waals surface area contributed by atoms with Crippen molar-refractivity contribution in [3.8, 4) is 0 Å². The van der Waals surface area contributed by atoms with E-state index in [1.807, 2.05) is 51.1 Å². The largest absolute Gasteiger partial charge is 0.440 e. The van der Waals surface area contributed by atoms with Crippen LogP contribution in [-0.2, 0) is 4.79 Å². The van der Waals surface area contributed by atoms with Gasteiger partial charge in [-0.3, -0.25) is 9.69 Å². The van der Waals surface area contributed by atoms with E-state index in [9.17, 15) is 4.79 Å². The molecule has 3 aromatic rings. The van der Waals surface area contributed by atoms with E-state index in [1.54, 1.807) is 0 Å². The summed E-state index contributed by atoms with van der Waals surface area (Å²) in [5, 5.41) is 4.24. The summed E-state index contributed by atoms with van der Waals surface area (Å²) in [5.74, 6) is 0.960. The molecule has 4 rings (SSSR count). The molecule has 1 aliphatic rings. The van der Waals surface area contributed by atoms with Gasteiger partial charge in [-0.05, 0) is 82.1 Å². The van der Waals surface area contributed by atoms with E-state index < -0.39 is 0 Å². The Labute approximate surface area is 186 Å². The fraction of sp³-hybridized carbons (Fsp3) is 0.391. The van der Waals surface area contributed by atoms with Gasteiger partial charge in [0.2, 0.25) is 5.91 Å². The van der Waals surface area contributed by atoms with Crippen molar-refractivity contribution in [3.63, 3.8) is 0 Å². The fourth-order valence-corrected chi connectivity index (χ4v) is 4.63. The number of anilines is 1. The molecule has 0 saturated carbocycles. The average molecular weight is 446 g/mol. The lowest BCUT2D eigenvalue weighted by atomic mass is 9.95. The Hall–Kier alpha value is -2.08. The number of oxazole rings is 1. The minimum atomic E-state index is -0.245. The molecule has 1 unspecified atom stereocenters. The maximum atomic E-state index is 12.8. The number of nitrogens with one attached hydrogen (secondary N) is 1. The number of nitrogens with zero attached hydrogens (tertiary/aromatic N) is 2. The number of likely N-dealkylation sites (tertiary alicyclic amines) is 1. The van der Waals surface area contributed by atoms with Gasteiger partial charge in [0.05, 0.1) is 16.8 Å². The van der Waals surface area contributed by atoms with Crippen molar-refractivity contribution < 1.29 is 9.21 Å². The SMILES string of the molecule is Cc1cc(C)c(NC(=O)C(C)N2CCC(c3nc4cc(Cl)ccc4o3)CC2)c(Cl)c1. The van der Waals surface area contributed by atoms with E-state index in [-0.39, 0.29) is 17.9 Å². The molecule has 2 aromatic carbocycles. The van der Waals surface area contributed by atoms with Crippen LogP contribution in [-0.4, -0.2) is 34.9 Å². The zero-order valence-electron chi connectivity index (χ0n) is 17.3. The third-order valence-electron chi connectivity index (χ3n) is 5.85. The van der Waals surface area contributed by atoms with Crippen molar-refractivity contribution in [1.82, 2.24) is 9.88 Å². The van der Waals surface area contributed by atoms with Crippen LogP contribution in [0, 0.1) is 13.8 Å². The highest BCUT2D eigenvalue weighted by Crippen LogP contribution is 2.32. The number of hydrogen-bond acceptors (Lipinski definition) is 4. The van der Waals surface area contributed by atoms with E-state index in [1.165, 1.54) is 0 Å². The van der Waals surface area contributed by atoms with Gasteiger partial charge in [-0.1, -0.05) is 29.3 Å². The van der Waals surface area contributed by atoms with Gasteiger partial charge in [0.25, 0.3) is 0 Å². The van der Waals surface area contributed by atoms with Crippen LogP contribution in [0.25, 0.3) is 11.1 Å². The third-order valence-corrected chi connectivity index (χ3v) is 6.39. The zero-order chi connectivity index (χ0) is 21.4. The number of carbonyl (C=O) groups is 1. The molecule has 1 saturated heterocycles. The summed E-state index contributed by atoms with van der Waals surface area (Å²) in [4.78, 5) is 19.7. The number of halogens is 2. The van der Waals surface area contributed by atoms with Crippen LogP contribution in [0.15, 0.2) is 34.7 Å². The number of piperidine rings is 1. The van der Waals surface area contributed by atoms with E-state index in [0.717, 1.165) is 54.0 Å². The monoisotopic (exact) mass is 445 g/mol. The highest BCUT2D eigenvalue weighted by atomic mass is 35.5. The smallest absolute Gasteiger partial charge is 0.241 e. The normalized spacial score (nSPS) is 16.7. The topological polar surface area (TPSA) is 58.4 Å². The second-order valence-electron chi connectivity index (χ2n) is 8.08. The number of fused-ring (bicyclic) bond motifs is 1. The second-order valence-corrected chi connectivity index (χ2v) is 8.92. The molecular weight excluding hydrogens is 421 g/mol. The molecule has 0 spiro atoms. The molecule has 0 radical (unpaired) electrons. The summed E-state index contributed by atoms with van der Waals surface area (Å²) in [6.45, 7) is 7.49. The van der Waals surface area contributed by atoms with Crippen molar-refractivity contribution in [2.75, 3.05) is 18.4 Å². The number of aryl methyl sites for hydroxylation is 2. The van der Waals surface area contributed by atoms with E-state index in [0.29, 0.717) is 15.7 Å². The Bertz CT molecular complexity index is 1060. The highest BCUT2D eigenvalue weighted by molar-refractivity contribution is 6.34. The molecule has 7 heteroatoms. The lowest BCUT2D eigenvalue weighted by Crippen LogP contribution is -2.45. The van der Waals surface area contributed by atoms with Gasteiger partial charge in [0.15, 0.2) is 11.5 Å². The molecule has 1 fully saturated rings. The van der Waals surface area contributed by atoms with Crippen LogP contribution in [0.5, 0.6) is 0 Å².